The Morgan fingerprint density at radius 2 is 1.38 bits per heavy atom. The average molecular weight is 684 g/mol. The number of carbonyl (C=O) groups is 8. The number of aliphatic hydroxyl groups excluding tert-OH is 1. The van der Waals surface area contributed by atoms with Crippen LogP contribution in [0, 0.1) is 11.8 Å². The second-order valence-electron chi connectivity index (χ2n) is 13.0. The lowest BCUT2D eigenvalue weighted by Gasteiger charge is -2.31. The van der Waals surface area contributed by atoms with Crippen LogP contribution < -0.4 is 31.9 Å². The van der Waals surface area contributed by atoms with Gasteiger partial charge in [0, 0.05) is 24.9 Å². The van der Waals surface area contributed by atoms with Gasteiger partial charge < -0.3 is 47.0 Å². The van der Waals surface area contributed by atoms with Gasteiger partial charge in [0.25, 0.3) is 0 Å². The molecule has 0 bridgehead atoms. The van der Waals surface area contributed by atoms with Gasteiger partial charge in [0.2, 0.25) is 41.4 Å². The molecule has 0 aliphatic carbocycles. The molecular weight excluding hydrogens is 630 g/mol. The highest BCUT2D eigenvalue weighted by molar-refractivity contribution is 5.97. The predicted molar refractivity (Wildman–Crippen MR) is 173 cm³/mol. The Kier molecular flexibility index (Phi) is 17.5. The van der Waals surface area contributed by atoms with Gasteiger partial charge in [0.15, 0.2) is 0 Å². The van der Waals surface area contributed by atoms with Crippen LogP contribution in [0.1, 0.15) is 80.6 Å². The van der Waals surface area contributed by atoms with Crippen molar-refractivity contribution < 1.29 is 48.6 Å². The second-order valence-corrected chi connectivity index (χ2v) is 13.0. The Morgan fingerprint density at radius 3 is 1.92 bits per heavy atom. The Hall–Kier alpha value is -4.28. The molecule has 0 aromatic carbocycles. The molecule has 1 unspecified atom stereocenters. The zero-order valence-electron chi connectivity index (χ0n) is 28.9. The van der Waals surface area contributed by atoms with Crippen molar-refractivity contribution in [3.8, 4) is 0 Å². The van der Waals surface area contributed by atoms with E-state index in [1.165, 1.54) is 11.8 Å². The standard InChI is InChI=1S/C31H53N7O10/c1-16(2)13-21(36-27(44)17(3)4)31(48)38-12-8-9-22(38)29(46)35-20(10-11-25(42)43)28(45)37-26(19(7)39)30(47)33-14-23(40)32-15-24(41)34-18(5)6/h16-22,26,39H,8-15H2,1-7H3,(H,32,40)(H,33,47)(H,34,41)(H,35,46)(H,36,44)(H,37,45)(H,42,43)/t19?,20-,21-,22-,26-/m0/s1. The first kappa shape index (κ1) is 41.7. The molecule has 1 aliphatic rings. The van der Waals surface area contributed by atoms with Gasteiger partial charge in [-0.2, -0.15) is 0 Å². The maximum atomic E-state index is 13.6. The van der Waals surface area contributed by atoms with Gasteiger partial charge in [-0.1, -0.05) is 27.7 Å². The van der Waals surface area contributed by atoms with Gasteiger partial charge in [-0.3, -0.25) is 38.4 Å². The first-order valence-electron chi connectivity index (χ1n) is 16.3. The molecule has 0 aromatic heterocycles. The van der Waals surface area contributed by atoms with Crippen LogP contribution in [0.4, 0.5) is 0 Å². The summed E-state index contributed by atoms with van der Waals surface area (Å²) >= 11 is 0. The number of carboxylic acid groups (broad SMARTS) is 1. The fourth-order valence-corrected chi connectivity index (χ4v) is 4.89. The number of amides is 7. The van der Waals surface area contributed by atoms with Crippen LogP contribution in [0.15, 0.2) is 0 Å². The molecule has 1 aliphatic heterocycles. The molecule has 272 valence electrons. The maximum Gasteiger partial charge on any atom is 0.303 e. The Labute approximate surface area is 281 Å². The van der Waals surface area contributed by atoms with Gasteiger partial charge in [-0.05, 0) is 52.4 Å². The molecule has 17 heteroatoms. The zero-order chi connectivity index (χ0) is 36.7. The Morgan fingerprint density at radius 1 is 0.750 bits per heavy atom. The normalized spacial score (nSPS) is 16.8. The first-order valence-corrected chi connectivity index (χ1v) is 16.3. The lowest BCUT2D eigenvalue weighted by molar-refractivity contribution is -0.143. The van der Waals surface area contributed by atoms with Crippen molar-refractivity contribution >= 4 is 47.3 Å². The molecule has 0 aromatic rings. The number of nitrogens with zero attached hydrogens (tertiary/aromatic N) is 1. The highest BCUT2D eigenvalue weighted by Gasteiger charge is 2.39. The van der Waals surface area contributed by atoms with Gasteiger partial charge in [-0.25, -0.2) is 0 Å². The summed E-state index contributed by atoms with van der Waals surface area (Å²) in [6, 6.07) is -5.07. The van der Waals surface area contributed by atoms with Crippen molar-refractivity contribution in [3.05, 3.63) is 0 Å². The van der Waals surface area contributed by atoms with Crippen molar-refractivity contribution in [1.82, 2.24) is 36.8 Å². The van der Waals surface area contributed by atoms with E-state index >= 15 is 0 Å². The van der Waals surface area contributed by atoms with E-state index < -0.39 is 84.6 Å². The first-order chi connectivity index (χ1) is 22.3. The van der Waals surface area contributed by atoms with E-state index in [1.807, 2.05) is 13.8 Å². The largest absolute Gasteiger partial charge is 0.481 e. The molecule has 7 amide bonds. The molecule has 1 rings (SSSR count). The number of nitrogens with one attached hydrogen (secondary N) is 6. The van der Waals surface area contributed by atoms with E-state index in [1.54, 1.807) is 27.7 Å². The van der Waals surface area contributed by atoms with E-state index in [0.29, 0.717) is 12.8 Å². The fourth-order valence-electron chi connectivity index (χ4n) is 4.89. The molecule has 1 fully saturated rings. The van der Waals surface area contributed by atoms with E-state index in [2.05, 4.69) is 31.9 Å². The van der Waals surface area contributed by atoms with Gasteiger partial charge >= 0.3 is 5.97 Å². The number of carbonyl (C=O) groups excluding carboxylic acids is 7. The number of aliphatic hydroxyl groups is 1. The third-order valence-electron chi connectivity index (χ3n) is 7.35. The molecule has 1 heterocycles. The van der Waals surface area contributed by atoms with Crippen molar-refractivity contribution in [2.24, 2.45) is 11.8 Å². The lowest BCUT2D eigenvalue weighted by Crippen LogP contribution is -2.60. The third-order valence-corrected chi connectivity index (χ3v) is 7.35. The number of hydrogen-bond acceptors (Lipinski definition) is 9. The third kappa shape index (κ3) is 14.6. The SMILES string of the molecule is CC(C)C[C@H](NC(=O)C(C)C)C(=O)N1CCC[C@H]1C(=O)N[C@@H](CCC(=O)O)C(=O)N[C@H](C(=O)NCC(=O)NCC(=O)NC(C)C)C(C)O. The van der Waals surface area contributed by atoms with Crippen molar-refractivity contribution in [1.29, 1.82) is 0 Å². The number of carboxylic acids is 1. The van der Waals surface area contributed by atoms with Gasteiger partial charge in [0.1, 0.15) is 24.2 Å². The fraction of sp³-hybridized carbons (Fsp3) is 0.742. The van der Waals surface area contributed by atoms with Crippen molar-refractivity contribution in [2.75, 3.05) is 19.6 Å². The van der Waals surface area contributed by atoms with Crippen LogP contribution in [0.2, 0.25) is 0 Å². The number of rotatable bonds is 19. The summed E-state index contributed by atoms with van der Waals surface area (Å²) in [7, 11) is 0. The van der Waals surface area contributed by atoms with Crippen LogP contribution in [0.3, 0.4) is 0 Å². The maximum absolute atomic E-state index is 13.6. The molecule has 48 heavy (non-hydrogen) atoms. The summed E-state index contributed by atoms with van der Waals surface area (Å²) in [5.41, 5.74) is 0. The summed E-state index contributed by atoms with van der Waals surface area (Å²) in [4.78, 5) is 102. The summed E-state index contributed by atoms with van der Waals surface area (Å²) in [5.74, 6) is -6.12. The number of aliphatic carboxylic acids is 1. The van der Waals surface area contributed by atoms with Crippen molar-refractivity contribution in [3.63, 3.8) is 0 Å². The van der Waals surface area contributed by atoms with Crippen LogP contribution in [-0.2, 0) is 38.4 Å². The minimum Gasteiger partial charge on any atom is -0.481 e. The van der Waals surface area contributed by atoms with E-state index in [-0.39, 0.29) is 49.7 Å². The number of likely N-dealkylation sites (tertiary alicyclic amines) is 1. The molecule has 1 saturated heterocycles. The van der Waals surface area contributed by atoms with Crippen LogP contribution in [-0.4, -0.2) is 118 Å². The lowest BCUT2D eigenvalue weighted by atomic mass is 10.0. The van der Waals surface area contributed by atoms with Crippen molar-refractivity contribution in [2.45, 2.75) is 117 Å². The van der Waals surface area contributed by atoms with Crippen LogP contribution in [0.5, 0.6) is 0 Å². The molecule has 5 atom stereocenters. The highest BCUT2D eigenvalue weighted by atomic mass is 16.4. The van der Waals surface area contributed by atoms with E-state index in [0.717, 1.165) is 0 Å². The summed E-state index contributed by atoms with van der Waals surface area (Å²) in [6.45, 7) is 11.2. The topological polar surface area (TPSA) is 252 Å². The van der Waals surface area contributed by atoms with E-state index in [4.69, 9.17) is 0 Å². The predicted octanol–water partition coefficient (Wildman–Crippen LogP) is -1.86. The smallest absolute Gasteiger partial charge is 0.303 e. The average Bonchev–Trinajstić information content (AvgIpc) is 3.48. The number of hydrogen-bond donors (Lipinski definition) is 8. The van der Waals surface area contributed by atoms with E-state index in [9.17, 15) is 48.6 Å². The molecular formula is C31H53N7O10. The Bertz CT molecular complexity index is 1170. The highest BCUT2D eigenvalue weighted by Crippen LogP contribution is 2.21. The second kappa shape index (κ2) is 20.2. The molecule has 17 nitrogen and oxygen atoms in total. The summed E-state index contributed by atoms with van der Waals surface area (Å²) < 4.78 is 0. The van der Waals surface area contributed by atoms with Crippen LogP contribution >= 0.6 is 0 Å². The Balaban J connectivity index is 3.02. The zero-order valence-corrected chi connectivity index (χ0v) is 28.9. The molecule has 0 spiro atoms. The quantitative estimate of drug-likeness (QED) is 0.0753. The molecule has 8 N–H and O–H groups in total. The minimum atomic E-state index is -1.59. The van der Waals surface area contributed by atoms with Gasteiger partial charge in [0.05, 0.1) is 19.2 Å². The van der Waals surface area contributed by atoms with Crippen LogP contribution in [0.25, 0.3) is 0 Å². The molecule has 0 saturated carbocycles. The van der Waals surface area contributed by atoms with Gasteiger partial charge in [-0.15, -0.1) is 0 Å². The summed E-state index contributed by atoms with van der Waals surface area (Å²) in [5, 5.41) is 34.2. The summed E-state index contributed by atoms with van der Waals surface area (Å²) in [6.07, 6.45) is -1.29. The molecule has 0 radical (unpaired) electrons. The monoisotopic (exact) mass is 683 g/mol. The minimum absolute atomic E-state index is 0.0510.